The summed E-state index contributed by atoms with van der Waals surface area (Å²) in [5.41, 5.74) is 13.8. The predicted molar refractivity (Wildman–Crippen MR) is 200 cm³/mol. The van der Waals surface area contributed by atoms with Gasteiger partial charge in [-0.05, 0) is 66.4 Å². The van der Waals surface area contributed by atoms with E-state index in [9.17, 15) is 10.5 Å². The van der Waals surface area contributed by atoms with Crippen molar-refractivity contribution in [2.45, 2.75) is 19.3 Å². The zero-order chi connectivity index (χ0) is 32.9. The summed E-state index contributed by atoms with van der Waals surface area (Å²) >= 11 is 0. The van der Waals surface area contributed by atoms with E-state index in [1.54, 1.807) is 0 Å². The number of para-hydroxylation sites is 3. The van der Waals surface area contributed by atoms with Crippen LogP contribution in [0.4, 0.5) is 0 Å². The third-order valence-corrected chi connectivity index (χ3v) is 9.91. The Morgan fingerprint density at radius 3 is 1.98 bits per heavy atom. The van der Waals surface area contributed by atoms with Gasteiger partial charge in [-0.25, -0.2) is 0 Å². The number of aromatic nitrogens is 2. The summed E-state index contributed by atoms with van der Waals surface area (Å²) in [6.07, 6.45) is 15.7. The Morgan fingerprint density at radius 2 is 1.20 bits per heavy atom. The van der Waals surface area contributed by atoms with E-state index in [-0.39, 0.29) is 0 Å². The molecule has 230 valence electrons. The lowest BCUT2D eigenvalue weighted by atomic mass is 9.92. The smallest absolute Gasteiger partial charge is 0.102 e. The van der Waals surface area contributed by atoms with Gasteiger partial charge in [-0.15, -0.1) is 0 Å². The third kappa shape index (κ3) is 4.50. The second-order valence-corrected chi connectivity index (χ2v) is 12.6. The lowest BCUT2D eigenvalue weighted by Gasteiger charge is -2.18. The van der Waals surface area contributed by atoms with Crippen LogP contribution < -0.4 is 0 Å². The minimum atomic E-state index is 0.550. The molecule has 0 radical (unpaired) electrons. The summed E-state index contributed by atoms with van der Waals surface area (Å²) in [5, 5.41) is 23.5. The van der Waals surface area contributed by atoms with Gasteiger partial charge in [0.2, 0.25) is 0 Å². The molecule has 0 spiro atoms. The fraction of sp³-hybridized carbons (Fsp3) is 0.0667. The SMILES string of the molecule is N#Cc1cc(-c2ccccc2-n2c3c(c4ccccc42)C=CCC3)cc(-c2cccc(-n3c4c(c5ccccc53)C=CC=CC4)c2C#N)c1. The Hall–Kier alpha value is -6.62. The fourth-order valence-electron chi connectivity index (χ4n) is 7.84. The van der Waals surface area contributed by atoms with Gasteiger partial charge in [0.1, 0.15) is 6.07 Å². The predicted octanol–water partition coefficient (Wildman–Crippen LogP) is 10.7. The summed E-state index contributed by atoms with van der Waals surface area (Å²) < 4.78 is 4.64. The van der Waals surface area contributed by atoms with E-state index in [0.717, 1.165) is 69.5 Å². The van der Waals surface area contributed by atoms with Gasteiger partial charge in [0.25, 0.3) is 0 Å². The quantitative estimate of drug-likeness (QED) is 0.195. The minimum absolute atomic E-state index is 0.550. The van der Waals surface area contributed by atoms with E-state index in [2.05, 4.69) is 137 Å². The van der Waals surface area contributed by atoms with Crippen molar-refractivity contribution < 1.29 is 0 Å². The molecule has 0 unspecified atom stereocenters. The molecule has 4 heteroatoms. The first-order valence-electron chi connectivity index (χ1n) is 16.7. The van der Waals surface area contributed by atoms with Gasteiger partial charge in [-0.1, -0.05) is 103 Å². The molecule has 0 aliphatic heterocycles. The molecule has 2 heterocycles. The molecule has 2 aliphatic rings. The normalized spacial score (nSPS) is 13.2. The molecule has 0 atom stereocenters. The van der Waals surface area contributed by atoms with E-state index in [1.807, 2.05) is 30.3 Å². The van der Waals surface area contributed by atoms with Gasteiger partial charge in [-0.2, -0.15) is 10.5 Å². The number of allylic oxidation sites excluding steroid dienone is 4. The molecular weight excluding hydrogens is 597 g/mol. The Balaban J connectivity index is 1.26. The van der Waals surface area contributed by atoms with Crippen molar-refractivity contribution in [3.63, 3.8) is 0 Å². The van der Waals surface area contributed by atoms with Crippen molar-refractivity contribution >= 4 is 34.0 Å². The van der Waals surface area contributed by atoms with E-state index in [1.165, 1.54) is 27.7 Å². The fourth-order valence-corrected chi connectivity index (χ4v) is 7.84. The van der Waals surface area contributed by atoms with E-state index in [0.29, 0.717) is 11.1 Å². The Kier molecular flexibility index (Phi) is 6.75. The number of benzene rings is 5. The average molecular weight is 627 g/mol. The minimum Gasteiger partial charge on any atom is -0.312 e. The van der Waals surface area contributed by atoms with Gasteiger partial charge in [-0.3, -0.25) is 0 Å². The van der Waals surface area contributed by atoms with Gasteiger partial charge < -0.3 is 9.13 Å². The molecule has 5 aromatic carbocycles. The maximum atomic E-state index is 10.8. The zero-order valence-corrected chi connectivity index (χ0v) is 26.8. The lowest BCUT2D eigenvalue weighted by Crippen LogP contribution is -2.05. The van der Waals surface area contributed by atoms with Crippen molar-refractivity contribution in [2.75, 3.05) is 0 Å². The maximum absolute atomic E-state index is 10.8. The molecule has 0 saturated heterocycles. The van der Waals surface area contributed by atoms with Crippen molar-refractivity contribution in [1.82, 2.24) is 9.13 Å². The van der Waals surface area contributed by atoms with E-state index in [4.69, 9.17) is 0 Å². The highest BCUT2D eigenvalue weighted by Gasteiger charge is 2.23. The summed E-state index contributed by atoms with van der Waals surface area (Å²) in [5.74, 6) is 0. The van der Waals surface area contributed by atoms with Crippen LogP contribution in [0.2, 0.25) is 0 Å². The molecule has 49 heavy (non-hydrogen) atoms. The highest BCUT2D eigenvalue weighted by atomic mass is 15.0. The van der Waals surface area contributed by atoms with Crippen molar-refractivity contribution in [2.24, 2.45) is 0 Å². The summed E-state index contributed by atoms with van der Waals surface area (Å²) in [4.78, 5) is 0. The third-order valence-electron chi connectivity index (χ3n) is 9.91. The van der Waals surface area contributed by atoms with Crippen LogP contribution in [-0.2, 0) is 12.8 Å². The van der Waals surface area contributed by atoms with Crippen LogP contribution in [0.5, 0.6) is 0 Å². The molecule has 2 aromatic heterocycles. The van der Waals surface area contributed by atoms with Crippen molar-refractivity contribution in [1.29, 1.82) is 10.5 Å². The van der Waals surface area contributed by atoms with Gasteiger partial charge in [0, 0.05) is 50.8 Å². The van der Waals surface area contributed by atoms with E-state index < -0.39 is 0 Å². The average Bonchev–Trinajstić information content (AvgIpc) is 3.54. The molecule has 0 N–H and O–H groups in total. The first kappa shape index (κ1) is 28.6. The number of rotatable bonds is 4. The van der Waals surface area contributed by atoms with Crippen LogP contribution in [0, 0.1) is 22.7 Å². The Labute approximate surface area is 285 Å². The molecule has 2 aliphatic carbocycles. The Morgan fingerprint density at radius 1 is 0.551 bits per heavy atom. The molecule has 0 fully saturated rings. The van der Waals surface area contributed by atoms with Crippen LogP contribution >= 0.6 is 0 Å². The molecule has 0 saturated carbocycles. The van der Waals surface area contributed by atoms with Crippen LogP contribution in [-0.4, -0.2) is 9.13 Å². The van der Waals surface area contributed by atoms with Gasteiger partial charge in [0.05, 0.1) is 39.6 Å². The summed E-state index contributed by atoms with van der Waals surface area (Å²) in [6, 6.07) is 42.5. The van der Waals surface area contributed by atoms with E-state index >= 15 is 0 Å². The summed E-state index contributed by atoms with van der Waals surface area (Å²) in [6.45, 7) is 0. The molecule has 4 nitrogen and oxygen atoms in total. The largest absolute Gasteiger partial charge is 0.312 e. The van der Waals surface area contributed by atoms with Gasteiger partial charge in [0.15, 0.2) is 0 Å². The Bertz CT molecular complexity index is 2660. The van der Waals surface area contributed by atoms with Crippen LogP contribution in [0.1, 0.15) is 40.1 Å². The highest BCUT2D eigenvalue weighted by Crippen LogP contribution is 2.40. The number of hydrogen-bond acceptors (Lipinski definition) is 2. The molecule has 0 bridgehead atoms. The number of nitrogens with zero attached hydrogens (tertiary/aromatic N) is 4. The second kappa shape index (κ2) is 11.6. The standard InChI is InChI=1S/C45H30N4/c46-28-30-25-31(33-18-12-24-45(39(33)29-47)49-41-19-3-1-2-14-35(41)36-15-7-11-23-44(36)49)27-32(26-30)34-13-4-8-20-40(34)48-42-21-9-5-16-37(42)38-17-6-10-22-43(38)48/h1-9,11-18,20-21,23-27H,10,19,22H2. The van der Waals surface area contributed by atoms with Crippen LogP contribution in [0.3, 0.4) is 0 Å². The molecule has 9 rings (SSSR count). The van der Waals surface area contributed by atoms with Crippen molar-refractivity contribution in [3.8, 4) is 45.8 Å². The molecular formula is C45H30N4. The maximum Gasteiger partial charge on any atom is 0.102 e. The monoisotopic (exact) mass is 626 g/mol. The number of nitriles is 2. The zero-order valence-electron chi connectivity index (χ0n) is 26.8. The number of fused-ring (bicyclic) bond motifs is 6. The van der Waals surface area contributed by atoms with Crippen LogP contribution in [0.15, 0.2) is 133 Å². The van der Waals surface area contributed by atoms with Gasteiger partial charge >= 0.3 is 0 Å². The first-order valence-corrected chi connectivity index (χ1v) is 16.7. The second-order valence-electron chi connectivity index (χ2n) is 12.6. The highest BCUT2D eigenvalue weighted by molar-refractivity contribution is 5.96. The summed E-state index contributed by atoms with van der Waals surface area (Å²) in [7, 11) is 0. The van der Waals surface area contributed by atoms with Crippen LogP contribution in [0.25, 0.3) is 67.6 Å². The molecule has 7 aromatic rings. The lowest BCUT2D eigenvalue weighted by molar-refractivity contribution is 0.889. The first-order chi connectivity index (χ1) is 24.2. The number of hydrogen-bond donors (Lipinski definition) is 0. The molecule has 0 amide bonds. The van der Waals surface area contributed by atoms with Crippen molar-refractivity contribution in [3.05, 3.63) is 167 Å². The topological polar surface area (TPSA) is 57.4 Å².